The molecule has 0 aliphatic rings. The predicted octanol–water partition coefficient (Wildman–Crippen LogP) is 3.44. The van der Waals surface area contributed by atoms with E-state index >= 15 is 0 Å². The van der Waals surface area contributed by atoms with E-state index in [1.165, 1.54) is 11.8 Å². The minimum absolute atomic E-state index is 0.0810. The van der Waals surface area contributed by atoms with Gasteiger partial charge in [0.25, 0.3) is 0 Å². The highest BCUT2D eigenvalue weighted by atomic mass is 35.5. The standard InChI is InChI=1S/C20H27ClN4O3S/c1-5-10-25(2)18-12-17(21)23-20(24-18)29-13-19(26)22-9-8-14-6-7-15(27-3)16(11-14)28-4/h6-7,11-12H,5,8-10,13H2,1-4H3,(H,22,26). The number of rotatable bonds is 11. The Labute approximate surface area is 181 Å². The van der Waals surface area contributed by atoms with E-state index in [-0.39, 0.29) is 11.7 Å². The topological polar surface area (TPSA) is 76.6 Å². The molecule has 2 aromatic rings. The maximum Gasteiger partial charge on any atom is 0.230 e. The number of halogens is 1. The van der Waals surface area contributed by atoms with Gasteiger partial charge in [-0.25, -0.2) is 9.97 Å². The number of hydrogen-bond acceptors (Lipinski definition) is 7. The lowest BCUT2D eigenvalue weighted by atomic mass is 10.1. The average molecular weight is 439 g/mol. The molecule has 0 spiro atoms. The molecule has 0 aliphatic carbocycles. The first-order chi connectivity index (χ1) is 14.0. The van der Waals surface area contributed by atoms with Crippen LogP contribution in [0.3, 0.4) is 0 Å². The Hall–Kier alpha value is -2.19. The number of nitrogens with zero attached hydrogens (tertiary/aromatic N) is 3. The first-order valence-electron chi connectivity index (χ1n) is 9.33. The summed E-state index contributed by atoms with van der Waals surface area (Å²) in [6.07, 6.45) is 1.69. The van der Waals surface area contributed by atoms with Crippen molar-refractivity contribution in [2.75, 3.05) is 45.0 Å². The highest BCUT2D eigenvalue weighted by Gasteiger charge is 2.10. The van der Waals surface area contributed by atoms with Gasteiger partial charge in [0, 0.05) is 26.2 Å². The number of ether oxygens (including phenoxy) is 2. The van der Waals surface area contributed by atoms with E-state index in [9.17, 15) is 4.79 Å². The highest BCUT2D eigenvalue weighted by Crippen LogP contribution is 2.27. The van der Waals surface area contributed by atoms with Gasteiger partial charge in [-0.1, -0.05) is 36.4 Å². The number of aromatic nitrogens is 2. The van der Waals surface area contributed by atoms with Gasteiger partial charge in [-0.3, -0.25) is 4.79 Å². The number of amides is 1. The molecular formula is C20H27ClN4O3S. The van der Waals surface area contributed by atoms with Crippen LogP contribution in [0.25, 0.3) is 0 Å². The molecule has 0 aliphatic heterocycles. The Balaban J connectivity index is 1.83. The van der Waals surface area contributed by atoms with E-state index in [0.717, 1.165) is 24.3 Å². The van der Waals surface area contributed by atoms with Crippen LogP contribution in [0.4, 0.5) is 5.82 Å². The van der Waals surface area contributed by atoms with Crippen LogP contribution in [-0.4, -0.2) is 56.0 Å². The van der Waals surface area contributed by atoms with E-state index in [4.69, 9.17) is 21.1 Å². The molecule has 7 nitrogen and oxygen atoms in total. The summed E-state index contributed by atoms with van der Waals surface area (Å²) in [6, 6.07) is 7.45. The van der Waals surface area contributed by atoms with Crippen LogP contribution >= 0.6 is 23.4 Å². The maximum absolute atomic E-state index is 12.2. The van der Waals surface area contributed by atoms with Crippen molar-refractivity contribution in [3.05, 3.63) is 35.0 Å². The Kier molecular flexibility index (Phi) is 9.34. The molecule has 0 fully saturated rings. The van der Waals surface area contributed by atoms with Crippen LogP contribution in [0.2, 0.25) is 5.15 Å². The average Bonchev–Trinajstić information content (AvgIpc) is 2.72. The lowest BCUT2D eigenvalue weighted by molar-refractivity contribution is -0.118. The maximum atomic E-state index is 12.2. The molecule has 9 heteroatoms. The first kappa shape index (κ1) is 23.1. The summed E-state index contributed by atoms with van der Waals surface area (Å²) >= 11 is 7.36. The zero-order valence-electron chi connectivity index (χ0n) is 17.2. The van der Waals surface area contributed by atoms with Crippen LogP contribution in [0.15, 0.2) is 29.4 Å². The second kappa shape index (κ2) is 11.7. The third-order valence-electron chi connectivity index (χ3n) is 4.13. The molecule has 29 heavy (non-hydrogen) atoms. The van der Waals surface area contributed by atoms with E-state index in [0.29, 0.717) is 34.8 Å². The van der Waals surface area contributed by atoms with Gasteiger partial charge in [0.05, 0.1) is 20.0 Å². The van der Waals surface area contributed by atoms with Crippen molar-refractivity contribution in [1.82, 2.24) is 15.3 Å². The molecule has 1 aromatic heterocycles. The molecule has 1 heterocycles. The van der Waals surface area contributed by atoms with Crippen molar-refractivity contribution in [3.63, 3.8) is 0 Å². The number of anilines is 1. The first-order valence-corrected chi connectivity index (χ1v) is 10.7. The molecule has 1 amide bonds. The van der Waals surface area contributed by atoms with Crippen molar-refractivity contribution in [2.24, 2.45) is 0 Å². The third kappa shape index (κ3) is 7.29. The van der Waals surface area contributed by atoms with Gasteiger partial charge in [0.2, 0.25) is 5.91 Å². The summed E-state index contributed by atoms with van der Waals surface area (Å²) in [5, 5.41) is 3.77. The summed E-state index contributed by atoms with van der Waals surface area (Å²) in [5.41, 5.74) is 1.05. The van der Waals surface area contributed by atoms with Gasteiger partial charge in [-0.2, -0.15) is 0 Å². The van der Waals surface area contributed by atoms with Gasteiger partial charge in [0.15, 0.2) is 16.7 Å². The van der Waals surface area contributed by atoms with E-state index in [1.807, 2.05) is 30.1 Å². The summed E-state index contributed by atoms with van der Waals surface area (Å²) in [7, 11) is 5.16. The van der Waals surface area contributed by atoms with Gasteiger partial charge < -0.3 is 19.7 Å². The Morgan fingerprint density at radius 1 is 1.21 bits per heavy atom. The molecule has 0 radical (unpaired) electrons. The minimum Gasteiger partial charge on any atom is -0.493 e. The van der Waals surface area contributed by atoms with Gasteiger partial charge >= 0.3 is 0 Å². The predicted molar refractivity (Wildman–Crippen MR) is 118 cm³/mol. The van der Waals surface area contributed by atoms with Crippen LogP contribution in [0.1, 0.15) is 18.9 Å². The molecule has 0 saturated heterocycles. The lowest BCUT2D eigenvalue weighted by Crippen LogP contribution is -2.27. The number of hydrogen-bond donors (Lipinski definition) is 1. The summed E-state index contributed by atoms with van der Waals surface area (Å²) in [6.45, 7) is 3.49. The third-order valence-corrected chi connectivity index (χ3v) is 5.17. The second-order valence-corrected chi connectivity index (χ2v) is 7.66. The molecule has 0 bridgehead atoms. The molecule has 2 rings (SSSR count). The fourth-order valence-electron chi connectivity index (χ4n) is 2.66. The number of carbonyl (C=O) groups is 1. The number of methoxy groups -OCH3 is 2. The highest BCUT2D eigenvalue weighted by molar-refractivity contribution is 7.99. The fourth-order valence-corrected chi connectivity index (χ4v) is 3.57. The largest absolute Gasteiger partial charge is 0.493 e. The minimum atomic E-state index is -0.0810. The van der Waals surface area contributed by atoms with Crippen LogP contribution in [0, 0.1) is 0 Å². The SMILES string of the molecule is CCCN(C)c1cc(Cl)nc(SCC(=O)NCCc2ccc(OC)c(OC)c2)n1. The molecule has 1 N–H and O–H groups in total. The van der Waals surface area contributed by atoms with Gasteiger partial charge in [-0.05, 0) is 30.5 Å². The monoisotopic (exact) mass is 438 g/mol. The summed E-state index contributed by atoms with van der Waals surface area (Å²) in [4.78, 5) is 22.8. The smallest absolute Gasteiger partial charge is 0.230 e. The van der Waals surface area contributed by atoms with E-state index in [2.05, 4.69) is 22.2 Å². The van der Waals surface area contributed by atoms with Crippen LogP contribution in [-0.2, 0) is 11.2 Å². The Bertz CT molecular complexity index is 822. The zero-order valence-corrected chi connectivity index (χ0v) is 18.8. The Morgan fingerprint density at radius 2 is 1.97 bits per heavy atom. The van der Waals surface area contributed by atoms with Crippen molar-refractivity contribution in [1.29, 1.82) is 0 Å². The molecule has 0 unspecified atom stereocenters. The van der Waals surface area contributed by atoms with E-state index in [1.54, 1.807) is 20.3 Å². The van der Waals surface area contributed by atoms with Crippen LogP contribution < -0.4 is 19.7 Å². The zero-order chi connectivity index (χ0) is 21.2. The number of carbonyl (C=O) groups excluding carboxylic acids is 1. The number of benzene rings is 1. The molecule has 1 aromatic carbocycles. The summed E-state index contributed by atoms with van der Waals surface area (Å²) in [5.74, 6) is 2.25. The molecule has 158 valence electrons. The summed E-state index contributed by atoms with van der Waals surface area (Å²) < 4.78 is 10.5. The van der Waals surface area contributed by atoms with Crippen molar-refractivity contribution < 1.29 is 14.3 Å². The Morgan fingerprint density at radius 3 is 2.66 bits per heavy atom. The molecule has 0 atom stereocenters. The lowest BCUT2D eigenvalue weighted by Gasteiger charge is -2.17. The van der Waals surface area contributed by atoms with Crippen LogP contribution in [0.5, 0.6) is 11.5 Å². The van der Waals surface area contributed by atoms with Crippen molar-refractivity contribution >= 4 is 35.1 Å². The normalized spacial score (nSPS) is 10.5. The molecular weight excluding hydrogens is 412 g/mol. The fraction of sp³-hybridized carbons (Fsp3) is 0.450. The van der Waals surface area contributed by atoms with Gasteiger partial charge in [-0.15, -0.1) is 0 Å². The molecule has 0 saturated carbocycles. The quantitative estimate of drug-likeness (QED) is 0.327. The van der Waals surface area contributed by atoms with Crippen molar-refractivity contribution in [3.8, 4) is 11.5 Å². The van der Waals surface area contributed by atoms with Crippen molar-refractivity contribution in [2.45, 2.75) is 24.9 Å². The van der Waals surface area contributed by atoms with Gasteiger partial charge in [0.1, 0.15) is 11.0 Å². The number of thioether (sulfide) groups is 1. The second-order valence-electron chi connectivity index (χ2n) is 6.33. The van der Waals surface area contributed by atoms with E-state index < -0.39 is 0 Å². The number of nitrogens with one attached hydrogen (secondary N) is 1.